The number of aryl methyl sites for hydroxylation is 1. The van der Waals surface area contributed by atoms with Crippen LogP contribution in [0.25, 0.3) is 0 Å². The number of nitrogens with zero attached hydrogens (tertiary/aromatic N) is 4. The van der Waals surface area contributed by atoms with E-state index in [1.807, 2.05) is 16.7 Å². The van der Waals surface area contributed by atoms with Gasteiger partial charge in [-0.25, -0.2) is 14.4 Å². The fraction of sp³-hybridized carbons (Fsp3) is 0.526. The lowest BCUT2D eigenvalue weighted by Crippen LogP contribution is -2.46. The average Bonchev–Trinajstić information content (AvgIpc) is 3.15. The van der Waals surface area contributed by atoms with Crippen molar-refractivity contribution in [2.75, 3.05) is 24.5 Å². The largest absolute Gasteiger partial charge is 0.353 e. The molecule has 0 spiro atoms. The number of carbonyl (C=O) groups excluding carboxylic acids is 1. The van der Waals surface area contributed by atoms with Crippen LogP contribution in [0.3, 0.4) is 0 Å². The fourth-order valence-electron chi connectivity index (χ4n) is 3.93. The van der Waals surface area contributed by atoms with Gasteiger partial charge in [0.15, 0.2) is 11.6 Å². The predicted molar refractivity (Wildman–Crippen MR) is 99.7 cm³/mol. The van der Waals surface area contributed by atoms with Crippen LogP contribution in [0.15, 0.2) is 17.8 Å². The summed E-state index contributed by atoms with van der Waals surface area (Å²) in [7, 11) is 0. The van der Waals surface area contributed by atoms with Crippen molar-refractivity contribution in [2.24, 2.45) is 5.92 Å². The quantitative estimate of drug-likeness (QED) is 0.829. The third-order valence-electron chi connectivity index (χ3n) is 5.37. The molecule has 4 heterocycles. The van der Waals surface area contributed by atoms with Crippen molar-refractivity contribution in [3.05, 3.63) is 39.7 Å². The molecule has 4 rings (SSSR count). The van der Waals surface area contributed by atoms with Gasteiger partial charge in [-0.3, -0.25) is 4.79 Å². The van der Waals surface area contributed by atoms with Gasteiger partial charge in [0.1, 0.15) is 6.33 Å². The minimum absolute atomic E-state index is 0.0941. The highest BCUT2D eigenvalue weighted by Gasteiger charge is 2.32. The van der Waals surface area contributed by atoms with Gasteiger partial charge >= 0.3 is 0 Å². The molecule has 2 aromatic heterocycles. The van der Waals surface area contributed by atoms with Gasteiger partial charge in [0.25, 0.3) is 0 Å². The van der Waals surface area contributed by atoms with Crippen molar-refractivity contribution in [3.63, 3.8) is 0 Å². The molecule has 5 nitrogen and oxygen atoms in total. The summed E-state index contributed by atoms with van der Waals surface area (Å²) in [6.45, 7) is 4.63. The number of hydrogen-bond donors (Lipinski definition) is 0. The van der Waals surface area contributed by atoms with Crippen LogP contribution < -0.4 is 4.90 Å². The number of carbonyl (C=O) groups is 1. The van der Waals surface area contributed by atoms with Crippen molar-refractivity contribution in [3.8, 4) is 0 Å². The van der Waals surface area contributed by atoms with Gasteiger partial charge < -0.3 is 9.80 Å². The van der Waals surface area contributed by atoms with Crippen molar-refractivity contribution in [2.45, 2.75) is 39.2 Å². The molecule has 1 amide bonds. The van der Waals surface area contributed by atoms with Crippen LogP contribution in [0.5, 0.6) is 0 Å². The van der Waals surface area contributed by atoms with Crippen LogP contribution in [0, 0.1) is 11.7 Å². The van der Waals surface area contributed by atoms with E-state index in [0.29, 0.717) is 31.0 Å². The fourth-order valence-corrected chi connectivity index (χ4v) is 4.82. The van der Waals surface area contributed by atoms with Crippen LogP contribution in [-0.2, 0) is 24.2 Å². The molecule has 0 aromatic carbocycles. The van der Waals surface area contributed by atoms with Gasteiger partial charge in [-0.2, -0.15) is 0 Å². The summed E-state index contributed by atoms with van der Waals surface area (Å²) in [5, 5.41) is 2.10. The molecule has 2 aliphatic rings. The average molecular weight is 374 g/mol. The normalized spacial score (nSPS) is 20.2. The minimum atomic E-state index is -0.344. The summed E-state index contributed by atoms with van der Waals surface area (Å²) in [5.41, 5.74) is 1.71. The van der Waals surface area contributed by atoms with Gasteiger partial charge in [0.2, 0.25) is 5.91 Å². The van der Waals surface area contributed by atoms with Crippen molar-refractivity contribution >= 4 is 23.1 Å². The van der Waals surface area contributed by atoms with Crippen molar-refractivity contribution < 1.29 is 9.18 Å². The van der Waals surface area contributed by atoms with E-state index < -0.39 is 0 Å². The van der Waals surface area contributed by atoms with E-state index >= 15 is 0 Å². The molecule has 0 radical (unpaired) electrons. The first kappa shape index (κ1) is 17.4. The lowest BCUT2D eigenvalue weighted by molar-refractivity contribution is -0.136. The highest BCUT2D eigenvalue weighted by molar-refractivity contribution is 7.10. The molecule has 1 saturated heterocycles. The van der Waals surface area contributed by atoms with Gasteiger partial charge in [-0.05, 0) is 42.7 Å². The first-order valence-corrected chi connectivity index (χ1v) is 10.1. The third-order valence-corrected chi connectivity index (χ3v) is 6.39. The Balaban J connectivity index is 1.48. The van der Waals surface area contributed by atoms with Gasteiger partial charge in [0.05, 0.1) is 11.6 Å². The van der Waals surface area contributed by atoms with E-state index in [0.717, 1.165) is 32.4 Å². The number of aromatic nitrogens is 2. The molecular weight excluding hydrogens is 351 g/mol. The Kier molecular flexibility index (Phi) is 4.89. The van der Waals surface area contributed by atoms with E-state index in [9.17, 15) is 9.18 Å². The summed E-state index contributed by atoms with van der Waals surface area (Å²) in [4.78, 5) is 26.5. The Bertz CT molecular complexity index is 809. The standard InChI is InChI=1S/C19H23FN4OS/c1-2-15-17(20)18(22-12-21-15)23-7-3-4-14(11-23)19(25)24-8-5-16-13(10-24)6-9-26-16/h6,9,12,14H,2-5,7-8,10-11H2,1H3. The van der Waals surface area contributed by atoms with Gasteiger partial charge in [-0.15, -0.1) is 11.3 Å². The topological polar surface area (TPSA) is 49.3 Å². The second-order valence-corrected chi connectivity index (χ2v) is 7.98. The van der Waals surface area contributed by atoms with Crippen LogP contribution in [0.4, 0.5) is 10.2 Å². The molecule has 1 unspecified atom stereocenters. The van der Waals surface area contributed by atoms with E-state index in [2.05, 4.69) is 21.4 Å². The monoisotopic (exact) mass is 374 g/mol. The van der Waals surface area contributed by atoms with E-state index in [1.54, 1.807) is 11.3 Å². The second kappa shape index (κ2) is 7.31. The van der Waals surface area contributed by atoms with E-state index in [4.69, 9.17) is 0 Å². The number of piperidine rings is 1. The number of thiophene rings is 1. The number of halogens is 1. The van der Waals surface area contributed by atoms with Crippen LogP contribution >= 0.6 is 11.3 Å². The SMILES string of the molecule is CCc1ncnc(N2CCCC(C(=O)N3CCc4sccc4C3)C2)c1F. The highest BCUT2D eigenvalue weighted by atomic mass is 32.1. The molecule has 2 aromatic rings. The van der Waals surface area contributed by atoms with Gasteiger partial charge in [-0.1, -0.05) is 6.92 Å². The van der Waals surface area contributed by atoms with Crippen molar-refractivity contribution in [1.29, 1.82) is 0 Å². The number of amides is 1. The second-order valence-electron chi connectivity index (χ2n) is 6.98. The first-order chi connectivity index (χ1) is 12.7. The Morgan fingerprint density at radius 3 is 3.12 bits per heavy atom. The first-order valence-electron chi connectivity index (χ1n) is 9.25. The summed E-state index contributed by atoms with van der Waals surface area (Å²) in [6.07, 6.45) is 4.63. The third kappa shape index (κ3) is 3.20. The van der Waals surface area contributed by atoms with Crippen LogP contribution in [0.2, 0.25) is 0 Å². The molecule has 1 fully saturated rings. The zero-order valence-corrected chi connectivity index (χ0v) is 15.8. The molecule has 26 heavy (non-hydrogen) atoms. The molecule has 138 valence electrons. The molecule has 1 atom stereocenters. The maximum Gasteiger partial charge on any atom is 0.227 e. The maximum atomic E-state index is 14.6. The van der Waals surface area contributed by atoms with E-state index in [1.165, 1.54) is 16.8 Å². The molecule has 2 aliphatic heterocycles. The molecule has 0 N–H and O–H groups in total. The summed E-state index contributed by atoms with van der Waals surface area (Å²) >= 11 is 1.78. The molecule has 0 saturated carbocycles. The lowest BCUT2D eigenvalue weighted by atomic mass is 9.95. The molecule has 0 bridgehead atoms. The van der Waals surface area contributed by atoms with Crippen LogP contribution in [0.1, 0.15) is 35.9 Å². The predicted octanol–water partition coefficient (Wildman–Crippen LogP) is 3.04. The Labute approximate surface area is 156 Å². The zero-order chi connectivity index (χ0) is 18.1. The lowest BCUT2D eigenvalue weighted by Gasteiger charge is -2.36. The number of fused-ring (bicyclic) bond motifs is 1. The Morgan fingerprint density at radius 1 is 1.38 bits per heavy atom. The number of rotatable bonds is 3. The molecular formula is C19H23FN4OS. The number of anilines is 1. The summed E-state index contributed by atoms with van der Waals surface area (Å²) in [6, 6.07) is 2.12. The maximum absolute atomic E-state index is 14.6. The molecule has 7 heteroatoms. The Morgan fingerprint density at radius 2 is 2.27 bits per heavy atom. The smallest absolute Gasteiger partial charge is 0.227 e. The van der Waals surface area contributed by atoms with E-state index in [-0.39, 0.29) is 17.6 Å². The summed E-state index contributed by atoms with van der Waals surface area (Å²) in [5.74, 6) is 0.0946. The van der Waals surface area contributed by atoms with Crippen molar-refractivity contribution in [1.82, 2.24) is 14.9 Å². The summed E-state index contributed by atoms with van der Waals surface area (Å²) < 4.78 is 14.6. The zero-order valence-electron chi connectivity index (χ0n) is 14.9. The highest BCUT2D eigenvalue weighted by Crippen LogP contribution is 2.29. The minimum Gasteiger partial charge on any atom is -0.353 e. The molecule has 0 aliphatic carbocycles. The Hall–Kier alpha value is -2.02. The van der Waals surface area contributed by atoms with Crippen LogP contribution in [-0.4, -0.2) is 40.4 Å². The van der Waals surface area contributed by atoms with Gasteiger partial charge in [0, 0.05) is 31.1 Å². The number of hydrogen-bond acceptors (Lipinski definition) is 5.